The summed E-state index contributed by atoms with van der Waals surface area (Å²) in [6, 6.07) is -0.535. The molecule has 0 aromatic rings. The van der Waals surface area contributed by atoms with Crippen LogP contribution in [0.5, 0.6) is 0 Å². The molecule has 3 rings (SSSR count). The molecular weight excluding hydrogens is 480 g/mol. The lowest BCUT2D eigenvalue weighted by molar-refractivity contribution is -0.844. The van der Waals surface area contributed by atoms with Crippen molar-refractivity contribution in [1.82, 2.24) is 20.4 Å². The monoisotopic (exact) mass is 525 g/mol. The average Bonchev–Trinajstić information content (AvgIpc) is 3.13. The van der Waals surface area contributed by atoms with Crippen molar-refractivity contribution in [2.24, 2.45) is 5.92 Å². The number of esters is 1. The second-order valence-corrected chi connectivity index (χ2v) is 11.4. The normalized spacial score (nSPS) is 26.8. The van der Waals surface area contributed by atoms with Crippen molar-refractivity contribution < 1.29 is 33.1 Å². The minimum absolute atomic E-state index is 0.00308. The van der Waals surface area contributed by atoms with Crippen LogP contribution in [0, 0.1) is 11.3 Å². The van der Waals surface area contributed by atoms with Gasteiger partial charge in [0.05, 0.1) is 14.2 Å². The predicted molar refractivity (Wildman–Crippen MR) is 137 cm³/mol. The van der Waals surface area contributed by atoms with Crippen LogP contribution in [0.4, 0.5) is 9.59 Å². The van der Waals surface area contributed by atoms with Gasteiger partial charge in [0.25, 0.3) is 0 Å². The number of piperidine rings is 1. The van der Waals surface area contributed by atoms with Crippen molar-refractivity contribution in [3.63, 3.8) is 0 Å². The van der Waals surface area contributed by atoms with Gasteiger partial charge in [-0.3, -0.25) is 20.4 Å². The van der Waals surface area contributed by atoms with Crippen LogP contribution in [0.1, 0.15) is 46.5 Å². The number of amidine groups is 1. The van der Waals surface area contributed by atoms with Crippen LogP contribution in [0.2, 0.25) is 0 Å². The number of methoxy groups -OCH3 is 1. The number of amides is 2. The third kappa shape index (κ3) is 7.86. The first-order chi connectivity index (χ1) is 17.4. The van der Waals surface area contributed by atoms with Gasteiger partial charge in [0.15, 0.2) is 11.9 Å². The highest BCUT2D eigenvalue weighted by molar-refractivity contribution is 5.97. The lowest BCUT2D eigenvalue weighted by atomic mass is 9.87. The highest BCUT2D eigenvalue weighted by atomic mass is 16.6. The average molecular weight is 526 g/mol. The second kappa shape index (κ2) is 12.5. The number of carbonyl (C=O) groups is 3. The molecule has 2 amide bonds. The molecule has 3 fully saturated rings. The number of nitrogens with one attached hydrogen (secondary N) is 3. The van der Waals surface area contributed by atoms with Crippen LogP contribution in [-0.4, -0.2) is 123 Å². The SMILES string of the molecule is COC(=O)CCCN1CCN(C2C[N+](C)(C(C(=N)NC(=O)OC(C)(C)C)C3CCNCC3)C(=O)O2)CC1. The van der Waals surface area contributed by atoms with E-state index in [4.69, 9.17) is 19.6 Å². The van der Waals surface area contributed by atoms with Crippen LogP contribution in [-0.2, 0) is 19.0 Å². The van der Waals surface area contributed by atoms with Crippen LogP contribution in [0.15, 0.2) is 0 Å². The fourth-order valence-corrected chi connectivity index (χ4v) is 5.55. The molecule has 210 valence electrons. The third-order valence-corrected chi connectivity index (χ3v) is 7.46. The Hall–Kier alpha value is -2.28. The van der Waals surface area contributed by atoms with Gasteiger partial charge < -0.3 is 24.4 Å². The molecule has 0 aromatic carbocycles. The molecule has 3 N–H and O–H groups in total. The smallest absolute Gasteiger partial charge is 0.469 e. The summed E-state index contributed by atoms with van der Waals surface area (Å²) in [6.07, 6.45) is 1.34. The number of carbonyl (C=O) groups excluding carboxylic acids is 3. The Labute approximate surface area is 220 Å². The third-order valence-electron chi connectivity index (χ3n) is 7.46. The molecule has 0 radical (unpaired) electrons. The number of cyclic esters (lactones) is 1. The molecule has 0 saturated carbocycles. The highest BCUT2D eigenvalue weighted by Crippen LogP contribution is 2.33. The van der Waals surface area contributed by atoms with E-state index in [9.17, 15) is 14.4 Å². The number of alkyl carbamates (subject to hydrolysis) is 1. The lowest BCUT2D eigenvalue weighted by Gasteiger charge is -2.40. The quantitative estimate of drug-likeness (QED) is 0.141. The molecule has 3 aliphatic heterocycles. The van der Waals surface area contributed by atoms with E-state index in [1.807, 2.05) is 7.05 Å². The van der Waals surface area contributed by atoms with E-state index in [0.717, 1.165) is 65.1 Å². The van der Waals surface area contributed by atoms with E-state index in [1.165, 1.54) is 7.11 Å². The molecule has 3 heterocycles. The molecule has 37 heavy (non-hydrogen) atoms. The summed E-state index contributed by atoms with van der Waals surface area (Å²) in [5.41, 5.74) is -0.688. The molecule has 3 saturated heterocycles. The predicted octanol–water partition coefficient (Wildman–Crippen LogP) is 1.35. The highest BCUT2D eigenvalue weighted by Gasteiger charge is 2.57. The Balaban J connectivity index is 1.64. The molecular formula is C25H45N6O6+. The maximum Gasteiger partial charge on any atom is 0.518 e. The summed E-state index contributed by atoms with van der Waals surface area (Å²) in [5.74, 6) is -0.146. The maximum atomic E-state index is 13.4. The fourth-order valence-electron chi connectivity index (χ4n) is 5.55. The molecule has 0 bridgehead atoms. The largest absolute Gasteiger partial charge is 0.518 e. The van der Waals surface area contributed by atoms with E-state index < -0.39 is 17.7 Å². The van der Waals surface area contributed by atoms with Gasteiger partial charge in [-0.15, -0.1) is 0 Å². The molecule has 0 aromatic heterocycles. The first kappa shape index (κ1) is 29.3. The van der Waals surface area contributed by atoms with E-state index in [1.54, 1.807) is 20.8 Å². The first-order valence-electron chi connectivity index (χ1n) is 13.3. The van der Waals surface area contributed by atoms with E-state index in [0.29, 0.717) is 13.0 Å². The molecule has 12 heteroatoms. The van der Waals surface area contributed by atoms with Gasteiger partial charge in [-0.05, 0) is 59.7 Å². The number of quaternary nitrogens is 1. The number of ether oxygens (including phenoxy) is 3. The van der Waals surface area contributed by atoms with Crippen molar-refractivity contribution in [3.05, 3.63) is 0 Å². The van der Waals surface area contributed by atoms with Crippen LogP contribution < -0.4 is 10.6 Å². The van der Waals surface area contributed by atoms with Gasteiger partial charge in [-0.2, -0.15) is 4.79 Å². The van der Waals surface area contributed by atoms with Gasteiger partial charge in [-0.25, -0.2) is 9.28 Å². The summed E-state index contributed by atoms with van der Waals surface area (Å²) in [6.45, 7) is 11.3. The summed E-state index contributed by atoms with van der Waals surface area (Å²) >= 11 is 0. The van der Waals surface area contributed by atoms with Crippen LogP contribution >= 0.6 is 0 Å². The Bertz CT molecular complexity index is 834. The first-order valence-corrected chi connectivity index (χ1v) is 13.3. The molecule has 3 atom stereocenters. The topological polar surface area (TPSA) is 133 Å². The zero-order valence-electron chi connectivity index (χ0n) is 23.0. The lowest BCUT2D eigenvalue weighted by Crippen LogP contribution is -2.64. The van der Waals surface area contributed by atoms with E-state index in [-0.39, 0.29) is 34.5 Å². The number of piperazine rings is 1. The number of rotatable bonds is 8. The van der Waals surface area contributed by atoms with Crippen LogP contribution in [0.3, 0.4) is 0 Å². The number of hydrogen-bond donors (Lipinski definition) is 3. The van der Waals surface area contributed by atoms with Crippen molar-refractivity contribution in [2.45, 2.75) is 64.3 Å². The molecule has 3 unspecified atom stereocenters. The fraction of sp³-hybridized carbons (Fsp3) is 0.840. The maximum absolute atomic E-state index is 13.4. The summed E-state index contributed by atoms with van der Waals surface area (Å²) < 4.78 is 15.9. The van der Waals surface area contributed by atoms with Gasteiger partial charge in [-0.1, -0.05) is 0 Å². The Morgan fingerprint density at radius 1 is 1.22 bits per heavy atom. The summed E-state index contributed by atoms with van der Waals surface area (Å²) in [4.78, 5) is 41.7. The van der Waals surface area contributed by atoms with E-state index in [2.05, 4.69) is 20.4 Å². The van der Waals surface area contributed by atoms with Crippen LogP contribution in [0.25, 0.3) is 0 Å². The number of nitrogens with zero attached hydrogens (tertiary/aromatic N) is 3. The van der Waals surface area contributed by atoms with Crippen molar-refractivity contribution in [2.75, 3.05) is 66.5 Å². The molecule has 12 nitrogen and oxygen atoms in total. The Kier molecular flexibility index (Phi) is 9.90. The van der Waals surface area contributed by atoms with Crippen molar-refractivity contribution in [1.29, 1.82) is 5.41 Å². The van der Waals surface area contributed by atoms with Crippen molar-refractivity contribution >= 4 is 24.0 Å². The Morgan fingerprint density at radius 3 is 2.46 bits per heavy atom. The van der Waals surface area contributed by atoms with Gasteiger partial charge >= 0.3 is 18.2 Å². The molecule has 3 aliphatic rings. The zero-order chi connectivity index (χ0) is 27.2. The summed E-state index contributed by atoms with van der Waals surface area (Å²) in [5, 5.41) is 14.8. The molecule has 0 spiro atoms. The van der Waals surface area contributed by atoms with Gasteiger partial charge in [0.1, 0.15) is 12.1 Å². The minimum Gasteiger partial charge on any atom is -0.469 e. The Morgan fingerprint density at radius 2 is 1.86 bits per heavy atom. The zero-order valence-corrected chi connectivity index (χ0v) is 23.0. The van der Waals surface area contributed by atoms with Gasteiger partial charge in [0, 0.05) is 38.5 Å². The van der Waals surface area contributed by atoms with Gasteiger partial charge in [0.2, 0.25) is 6.23 Å². The summed E-state index contributed by atoms with van der Waals surface area (Å²) in [7, 11) is 3.23. The van der Waals surface area contributed by atoms with E-state index >= 15 is 0 Å². The standard InChI is InChI=1S/C25H44N6O6/c1-25(2,3)37-23(33)28-22(26)21(18-8-10-27-11-9-18)31(4)17-19(36-24(31)34)30-15-13-29(14-16-30)12-6-7-20(32)35-5/h18-19,21,27H,6-17H2,1-5H3,(H-,26,28,33)/p+1. The number of likely N-dealkylation sites (N-methyl/N-ethyl adjacent to an activating group) is 1. The molecule has 0 aliphatic carbocycles. The second-order valence-electron chi connectivity index (χ2n) is 11.4. The minimum atomic E-state index is -0.688. The number of hydrogen-bond acceptors (Lipinski definition) is 10. The van der Waals surface area contributed by atoms with Crippen molar-refractivity contribution in [3.8, 4) is 0 Å².